The van der Waals surface area contributed by atoms with E-state index in [0.717, 1.165) is 18.8 Å². The first-order valence-electron chi connectivity index (χ1n) is 9.93. The Morgan fingerprint density at radius 2 is 1.04 bits per heavy atom. The summed E-state index contributed by atoms with van der Waals surface area (Å²) >= 11 is 0. The third-order valence-corrected chi connectivity index (χ3v) is 4.61. The zero-order chi connectivity index (χ0) is 20.1. The van der Waals surface area contributed by atoms with Gasteiger partial charge in [0, 0.05) is 0 Å². The molecule has 0 aliphatic carbocycles. The van der Waals surface area contributed by atoms with Gasteiger partial charge < -0.3 is 4.55 Å². The first kappa shape index (κ1) is 31.9. The van der Waals surface area contributed by atoms with Crippen molar-refractivity contribution in [2.24, 2.45) is 5.92 Å². The molecule has 8 heteroatoms. The molecule has 0 aromatic rings. The van der Waals surface area contributed by atoms with Crippen molar-refractivity contribution in [3.8, 4) is 0 Å². The van der Waals surface area contributed by atoms with Crippen molar-refractivity contribution in [1.29, 1.82) is 0 Å². The van der Waals surface area contributed by atoms with Gasteiger partial charge in [0.25, 0.3) is 0 Å². The van der Waals surface area contributed by atoms with Gasteiger partial charge in [0.2, 0.25) is 10.4 Å². The first-order valence-corrected chi connectivity index (χ1v) is 11.3. The Bertz CT molecular complexity index is 420. The Balaban J connectivity index is -0.00000134. The summed E-state index contributed by atoms with van der Waals surface area (Å²) in [7, 11) is -4.50. The fourth-order valence-corrected chi connectivity index (χ4v) is 3.08. The zero-order valence-electron chi connectivity index (χ0n) is 17.5. The monoisotopic (exact) mass is 416 g/mol. The first-order chi connectivity index (χ1) is 12.3. The van der Waals surface area contributed by atoms with Gasteiger partial charge in [-0.3, -0.25) is 4.18 Å². The summed E-state index contributed by atoms with van der Waals surface area (Å²) in [5.74, 6) is 0.849. The second-order valence-corrected chi connectivity index (χ2v) is 8.14. The van der Waals surface area contributed by atoms with Crippen LogP contribution in [0.25, 0.3) is 0 Å². The minimum absolute atomic E-state index is 0. The second kappa shape index (κ2) is 24.3. The summed E-state index contributed by atoms with van der Waals surface area (Å²) in [6.07, 6.45) is 17.7. The van der Waals surface area contributed by atoms with Crippen LogP contribution in [0.2, 0.25) is 0 Å². The maximum atomic E-state index is 10.2. The molecule has 0 heterocycles. The van der Waals surface area contributed by atoms with Crippen LogP contribution >= 0.6 is 0 Å². The normalized spacial score (nSPS) is 10.7. The molecule has 27 heavy (non-hydrogen) atoms. The fourth-order valence-electron chi connectivity index (χ4n) is 2.76. The fraction of sp³-hybridized carbons (Fsp3) is 0.947. The van der Waals surface area contributed by atoms with Crippen molar-refractivity contribution < 1.29 is 56.3 Å². The molecule has 0 N–H and O–H groups in total. The molecule has 0 saturated heterocycles. The van der Waals surface area contributed by atoms with E-state index in [2.05, 4.69) is 18.0 Å². The average Bonchev–Trinajstić information content (AvgIpc) is 2.54. The largest absolute Gasteiger partial charge is 1.00 e. The summed E-state index contributed by atoms with van der Waals surface area (Å²) in [4.78, 5) is 16.2. The molecule has 0 atom stereocenters. The van der Waals surface area contributed by atoms with E-state index in [1.807, 2.05) is 0 Å². The van der Waals surface area contributed by atoms with Crippen LogP contribution in [-0.2, 0) is 24.2 Å². The topological polar surface area (TPSA) is 101 Å². The molecule has 0 bridgehead atoms. The molecule has 0 amide bonds. The van der Waals surface area contributed by atoms with Crippen molar-refractivity contribution in [1.82, 2.24) is 0 Å². The van der Waals surface area contributed by atoms with Gasteiger partial charge in [0.1, 0.15) is 0 Å². The van der Waals surface area contributed by atoms with Crippen LogP contribution in [0, 0.1) is 5.92 Å². The Kier molecular flexibility index (Phi) is 28.7. The van der Waals surface area contributed by atoms with Gasteiger partial charge in [0.05, 0.1) is 6.61 Å². The Morgan fingerprint density at radius 3 is 1.33 bits per heavy atom. The Hall–Kier alpha value is 0.250. The predicted molar refractivity (Wildman–Crippen MR) is 100 cm³/mol. The van der Waals surface area contributed by atoms with Crippen molar-refractivity contribution >= 4 is 16.6 Å². The van der Waals surface area contributed by atoms with Gasteiger partial charge in [-0.25, -0.2) is 8.42 Å². The van der Waals surface area contributed by atoms with Gasteiger partial charge in [-0.2, -0.15) is 9.59 Å². The van der Waals surface area contributed by atoms with Crippen LogP contribution < -0.4 is 29.6 Å². The molecule has 0 aromatic carbocycles. The number of unbranched alkanes of at least 4 members (excludes halogenated alkanes) is 12. The predicted octanol–water partition coefficient (Wildman–Crippen LogP) is 2.00. The summed E-state index contributed by atoms with van der Waals surface area (Å²) in [6, 6.07) is 0. The SMILES string of the molecule is CC(C)CCCCCCCCCCCCCCCOS(=O)(=O)[O-].O=C=O.[Na+]. The molecule has 0 aromatic heterocycles. The van der Waals surface area contributed by atoms with E-state index in [9.17, 15) is 13.0 Å². The van der Waals surface area contributed by atoms with Gasteiger partial charge in [-0.15, -0.1) is 0 Å². The minimum Gasteiger partial charge on any atom is -0.726 e. The molecule has 0 fully saturated rings. The van der Waals surface area contributed by atoms with Crippen LogP contribution in [0.1, 0.15) is 104 Å². The van der Waals surface area contributed by atoms with E-state index >= 15 is 0 Å². The standard InChI is InChI=1S/C18H38O4S.CO2.Na/c1-18(2)16-14-12-10-8-6-4-3-5-7-9-11-13-15-17-22-23(19,20)21;2-1-3;/h18H,3-17H2,1-2H3,(H,19,20,21);;/q;;+1/p-1. The van der Waals surface area contributed by atoms with Gasteiger partial charge in [-0.1, -0.05) is 97.3 Å². The van der Waals surface area contributed by atoms with Crippen molar-refractivity contribution in [2.75, 3.05) is 6.61 Å². The van der Waals surface area contributed by atoms with Crippen molar-refractivity contribution in [2.45, 2.75) is 104 Å². The molecule has 0 radical (unpaired) electrons. The smallest absolute Gasteiger partial charge is 0.726 e. The maximum Gasteiger partial charge on any atom is 1.00 e. The molecule has 0 aliphatic rings. The molecule has 0 spiro atoms. The maximum absolute atomic E-state index is 10.2. The molecule has 0 unspecified atom stereocenters. The Labute approximate surface area is 188 Å². The van der Waals surface area contributed by atoms with Gasteiger partial charge in [-0.05, 0) is 12.3 Å². The van der Waals surface area contributed by atoms with E-state index in [4.69, 9.17) is 9.59 Å². The third-order valence-electron chi connectivity index (χ3n) is 4.15. The summed E-state index contributed by atoms with van der Waals surface area (Å²) < 4.78 is 34.8. The molecular formula is C19H37NaO6S. The van der Waals surface area contributed by atoms with Gasteiger partial charge in [0.15, 0.2) is 0 Å². The van der Waals surface area contributed by atoms with Crippen molar-refractivity contribution in [3.05, 3.63) is 0 Å². The zero-order valence-corrected chi connectivity index (χ0v) is 20.4. The molecule has 6 nitrogen and oxygen atoms in total. The van der Waals surface area contributed by atoms with Crippen LogP contribution in [0.15, 0.2) is 0 Å². The van der Waals surface area contributed by atoms with E-state index in [1.165, 1.54) is 70.6 Å². The molecule has 156 valence electrons. The summed E-state index contributed by atoms with van der Waals surface area (Å²) in [5, 5.41) is 0. The number of rotatable bonds is 17. The summed E-state index contributed by atoms with van der Waals surface area (Å²) in [6.45, 7) is 4.62. The van der Waals surface area contributed by atoms with Crippen LogP contribution in [0.3, 0.4) is 0 Å². The second-order valence-electron chi connectivity index (χ2n) is 7.09. The third kappa shape index (κ3) is 37.6. The Morgan fingerprint density at radius 1 is 0.741 bits per heavy atom. The molecule has 0 aliphatic heterocycles. The van der Waals surface area contributed by atoms with E-state index in [-0.39, 0.29) is 42.3 Å². The number of hydrogen-bond donors (Lipinski definition) is 0. The summed E-state index contributed by atoms with van der Waals surface area (Å²) in [5.41, 5.74) is 0. The van der Waals surface area contributed by atoms with Crippen molar-refractivity contribution in [3.63, 3.8) is 0 Å². The van der Waals surface area contributed by atoms with Gasteiger partial charge >= 0.3 is 35.7 Å². The molecular weight excluding hydrogens is 379 g/mol. The average molecular weight is 417 g/mol. The number of hydrogen-bond acceptors (Lipinski definition) is 6. The quantitative estimate of drug-likeness (QED) is 0.156. The van der Waals surface area contributed by atoms with E-state index in [1.54, 1.807) is 0 Å². The minimum atomic E-state index is -4.50. The molecule has 0 saturated carbocycles. The van der Waals surface area contributed by atoms with E-state index < -0.39 is 10.4 Å². The van der Waals surface area contributed by atoms with Crippen LogP contribution in [0.5, 0.6) is 0 Å². The number of carbonyl (C=O) groups excluding carboxylic acids is 2. The van der Waals surface area contributed by atoms with E-state index in [0.29, 0.717) is 6.42 Å². The molecule has 0 rings (SSSR count). The van der Waals surface area contributed by atoms with Crippen LogP contribution in [-0.4, -0.2) is 25.7 Å². The van der Waals surface area contributed by atoms with Crippen LogP contribution in [0.4, 0.5) is 0 Å².